The highest BCUT2D eigenvalue weighted by Crippen LogP contribution is 2.31. The van der Waals surface area contributed by atoms with Gasteiger partial charge in [0, 0.05) is 19.8 Å². The van der Waals surface area contributed by atoms with Gasteiger partial charge in [0.15, 0.2) is 11.5 Å². The maximum Gasteiger partial charge on any atom is 0.332 e. The van der Waals surface area contributed by atoms with Crippen LogP contribution in [0.15, 0.2) is 69.2 Å². The fraction of sp³-hybridized carbons (Fsp3) is 0.174. The fourth-order valence-electron chi connectivity index (χ4n) is 3.34. The molecule has 2 aromatic heterocycles. The van der Waals surface area contributed by atoms with Crippen LogP contribution in [0.5, 0.6) is 5.75 Å². The first-order valence-corrected chi connectivity index (χ1v) is 11.0. The number of nitrogens with zero attached hydrogens (tertiary/aromatic N) is 4. The maximum atomic E-state index is 13.0. The van der Waals surface area contributed by atoms with Crippen molar-refractivity contribution in [2.45, 2.75) is 5.03 Å². The average Bonchev–Trinajstić information content (AvgIpc) is 2.84. The number of para-hydroxylation sites is 2. The summed E-state index contributed by atoms with van der Waals surface area (Å²) in [6.45, 7) is 0. The van der Waals surface area contributed by atoms with E-state index in [0.717, 1.165) is 16.3 Å². The van der Waals surface area contributed by atoms with Crippen molar-refractivity contribution in [2.24, 2.45) is 14.1 Å². The third kappa shape index (κ3) is 4.37. The summed E-state index contributed by atoms with van der Waals surface area (Å²) >= 11 is 1.10. The zero-order chi connectivity index (χ0) is 23.5. The molecule has 0 saturated heterocycles. The van der Waals surface area contributed by atoms with Gasteiger partial charge in [0.1, 0.15) is 16.2 Å². The Bertz CT molecular complexity index is 1460. The zero-order valence-electron chi connectivity index (χ0n) is 18.2. The van der Waals surface area contributed by atoms with Gasteiger partial charge in [0.25, 0.3) is 5.56 Å². The van der Waals surface area contributed by atoms with E-state index in [1.165, 1.54) is 18.7 Å². The number of thioether (sulfide) groups is 1. The molecule has 0 radical (unpaired) electrons. The van der Waals surface area contributed by atoms with Crippen LogP contribution < -0.4 is 21.3 Å². The SMILES string of the molecule is COc1ccccc1-c1nc(SCC(=O)Nc2ccccc2)c2c(=O)n(C)c(=O)n(C)c2n1. The number of ether oxygens (including phenoxy) is 1. The van der Waals surface area contributed by atoms with Crippen LogP contribution in [0.4, 0.5) is 5.69 Å². The molecule has 0 aliphatic carbocycles. The van der Waals surface area contributed by atoms with Crippen molar-refractivity contribution in [1.29, 1.82) is 0 Å². The highest BCUT2D eigenvalue weighted by molar-refractivity contribution is 8.00. The molecule has 1 N–H and O–H groups in total. The number of hydrogen-bond acceptors (Lipinski definition) is 7. The lowest BCUT2D eigenvalue weighted by atomic mass is 10.2. The number of methoxy groups -OCH3 is 1. The van der Waals surface area contributed by atoms with Crippen LogP contribution in [0.25, 0.3) is 22.4 Å². The molecule has 0 atom stereocenters. The molecule has 0 unspecified atom stereocenters. The van der Waals surface area contributed by atoms with Crippen LogP contribution in [0, 0.1) is 0 Å². The van der Waals surface area contributed by atoms with Gasteiger partial charge in [0.2, 0.25) is 5.91 Å². The molecule has 4 aromatic rings. The van der Waals surface area contributed by atoms with Crippen molar-refractivity contribution in [3.8, 4) is 17.1 Å². The van der Waals surface area contributed by atoms with E-state index in [4.69, 9.17) is 4.74 Å². The fourth-order valence-corrected chi connectivity index (χ4v) is 4.15. The second-order valence-corrected chi connectivity index (χ2v) is 8.12. The molecular weight excluding hydrogens is 442 g/mol. The third-order valence-corrected chi connectivity index (χ3v) is 5.99. The number of nitrogens with one attached hydrogen (secondary N) is 1. The van der Waals surface area contributed by atoms with Gasteiger partial charge in [-0.25, -0.2) is 14.8 Å². The first-order chi connectivity index (χ1) is 15.9. The van der Waals surface area contributed by atoms with Gasteiger partial charge in [-0.3, -0.25) is 18.7 Å². The topological polar surface area (TPSA) is 108 Å². The maximum absolute atomic E-state index is 13.0. The predicted octanol–water partition coefficient (Wildman–Crippen LogP) is 2.43. The van der Waals surface area contributed by atoms with Gasteiger partial charge >= 0.3 is 5.69 Å². The largest absolute Gasteiger partial charge is 0.496 e. The van der Waals surface area contributed by atoms with Crippen LogP contribution in [-0.4, -0.2) is 37.9 Å². The van der Waals surface area contributed by atoms with Crippen molar-refractivity contribution in [3.63, 3.8) is 0 Å². The van der Waals surface area contributed by atoms with Crippen LogP contribution in [-0.2, 0) is 18.9 Å². The van der Waals surface area contributed by atoms with Crippen LogP contribution in [0.2, 0.25) is 0 Å². The first kappa shape index (κ1) is 22.3. The van der Waals surface area contributed by atoms with Gasteiger partial charge in [-0.1, -0.05) is 42.1 Å². The van der Waals surface area contributed by atoms with E-state index in [-0.39, 0.29) is 28.5 Å². The molecular formula is C23H21N5O4S. The minimum Gasteiger partial charge on any atom is -0.496 e. The molecule has 0 aliphatic heterocycles. The molecule has 4 rings (SSSR count). The Hall–Kier alpha value is -3.92. The van der Waals surface area contributed by atoms with E-state index >= 15 is 0 Å². The smallest absolute Gasteiger partial charge is 0.332 e. The second-order valence-electron chi connectivity index (χ2n) is 7.16. The molecule has 0 bridgehead atoms. The molecule has 0 aliphatic rings. The average molecular weight is 464 g/mol. The number of fused-ring (bicyclic) bond motifs is 1. The van der Waals surface area contributed by atoms with Crippen LogP contribution in [0.1, 0.15) is 0 Å². The number of carbonyl (C=O) groups excluding carboxylic acids is 1. The van der Waals surface area contributed by atoms with Gasteiger partial charge in [-0.2, -0.15) is 0 Å². The van der Waals surface area contributed by atoms with Gasteiger partial charge in [-0.05, 0) is 24.3 Å². The molecule has 10 heteroatoms. The molecule has 0 saturated carbocycles. The quantitative estimate of drug-likeness (QED) is 0.346. The standard InChI is InChI=1S/C23H21N5O4S/c1-27-20-18(22(30)28(2)23(27)31)21(33-13-17(29)24-14-9-5-4-6-10-14)26-19(25-20)15-11-7-8-12-16(15)32-3/h4-12H,13H2,1-3H3,(H,24,29). The van der Waals surface area contributed by atoms with Gasteiger partial charge in [-0.15, -0.1) is 0 Å². The van der Waals surface area contributed by atoms with Crippen LogP contribution >= 0.6 is 11.8 Å². The Balaban J connectivity index is 1.82. The van der Waals surface area contributed by atoms with E-state index in [0.29, 0.717) is 22.0 Å². The Kier molecular flexibility index (Phi) is 6.27. The molecule has 2 aromatic carbocycles. The highest BCUT2D eigenvalue weighted by atomic mass is 32.2. The second kappa shape index (κ2) is 9.29. The zero-order valence-corrected chi connectivity index (χ0v) is 19.0. The van der Waals surface area contributed by atoms with Crippen molar-refractivity contribution in [1.82, 2.24) is 19.1 Å². The third-order valence-electron chi connectivity index (χ3n) is 5.01. The lowest BCUT2D eigenvalue weighted by molar-refractivity contribution is -0.113. The van der Waals surface area contributed by atoms with E-state index in [1.54, 1.807) is 31.3 Å². The summed E-state index contributed by atoms with van der Waals surface area (Å²) in [4.78, 5) is 47.1. The number of benzene rings is 2. The first-order valence-electron chi connectivity index (χ1n) is 9.99. The molecule has 9 nitrogen and oxygen atoms in total. The Morgan fingerprint density at radius 1 is 1.00 bits per heavy atom. The summed E-state index contributed by atoms with van der Waals surface area (Å²) in [6, 6.07) is 16.3. The summed E-state index contributed by atoms with van der Waals surface area (Å²) in [5, 5.41) is 3.29. The molecule has 33 heavy (non-hydrogen) atoms. The molecule has 0 spiro atoms. The predicted molar refractivity (Wildman–Crippen MR) is 128 cm³/mol. The number of aromatic nitrogens is 4. The number of aryl methyl sites for hydroxylation is 1. The summed E-state index contributed by atoms with van der Waals surface area (Å²) in [5.41, 5.74) is 0.430. The number of hydrogen-bond donors (Lipinski definition) is 1. The summed E-state index contributed by atoms with van der Waals surface area (Å²) in [7, 11) is 4.48. The van der Waals surface area contributed by atoms with Crippen molar-refractivity contribution in [2.75, 3.05) is 18.2 Å². The van der Waals surface area contributed by atoms with Gasteiger partial charge < -0.3 is 10.1 Å². The van der Waals surface area contributed by atoms with Crippen molar-refractivity contribution >= 4 is 34.4 Å². The lowest BCUT2D eigenvalue weighted by Gasteiger charge is -2.13. The summed E-state index contributed by atoms with van der Waals surface area (Å²) < 4.78 is 7.73. The lowest BCUT2D eigenvalue weighted by Crippen LogP contribution is -2.37. The number of rotatable bonds is 6. The Labute approximate surface area is 193 Å². The van der Waals surface area contributed by atoms with Crippen molar-refractivity contribution < 1.29 is 9.53 Å². The Morgan fingerprint density at radius 2 is 1.70 bits per heavy atom. The molecule has 2 heterocycles. The van der Waals surface area contributed by atoms with E-state index < -0.39 is 11.2 Å². The normalized spacial score (nSPS) is 10.9. The number of anilines is 1. The van der Waals surface area contributed by atoms with E-state index in [2.05, 4.69) is 15.3 Å². The van der Waals surface area contributed by atoms with Crippen molar-refractivity contribution in [3.05, 3.63) is 75.4 Å². The number of amides is 1. The minimum atomic E-state index is -0.523. The van der Waals surface area contributed by atoms with E-state index in [9.17, 15) is 14.4 Å². The monoisotopic (exact) mass is 463 g/mol. The summed E-state index contributed by atoms with van der Waals surface area (Å²) in [6.07, 6.45) is 0. The molecule has 0 fully saturated rings. The van der Waals surface area contributed by atoms with Gasteiger partial charge in [0.05, 0.1) is 18.4 Å². The minimum absolute atomic E-state index is 0.0123. The van der Waals surface area contributed by atoms with Crippen LogP contribution in [0.3, 0.4) is 0 Å². The summed E-state index contributed by atoms with van der Waals surface area (Å²) in [5.74, 6) is 0.592. The number of carbonyl (C=O) groups is 1. The molecule has 1 amide bonds. The Morgan fingerprint density at radius 3 is 2.42 bits per heavy atom. The highest BCUT2D eigenvalue weighted by Gasteiger charge is 2.20. The molecule has 168 valence electrons. The van der Waals surface area contributed by atoms with E-state index in [1.807, 2.05) is 30.3 Å².